The zero-order valence-electron chi connectivity index (χ0n) is 10.3. The molecule has 0 aromatic heterocycles. The summed E-state index contributed by atoms with van der Waals surface area (Å²) < 4.78 is 35.9. The van der Waals surface area contributed by atoms with E-state index in [-0.39, 0.29) is 12.6 Å². The molecule has 0 amide bonds. The summed E-state index contributed by atoms with van der Waals surface area (Å²) in [5, 5.41) is 3.04. The number of halogens is 2. The van der Waals surface area contributed by atoms with Crippen molar-refractivity contribution in [1.82, 2.24) is 5.32 Å². The third-order valence-electron chi connectivity index (χ3n) is 3.35. The fourth-order valence-corrected chi connectivity index (χ4v) is 2.32. The fraction of sp³-hybridized carbons (Fsp3) is 0.917. The number of alkyl halides is 2. The van der Waals surface area contributed by atoms with E-state index in [1.54, 1.807) is 0 Å². The van der Waals surface area contributed by atoms with Crippen molar-refractivity contribution in [3.05, 3.63) is 0 Å². The zero-order chi connectivity index (χ0) is 13.0. The highest BCUT2D eigenvalue weighted by atomic mass is 19.3. The first-order valence-electron chi connectivity index (χ1n) is 6.49. The molecule has 0 spiro atoms. The van der Waals surface area contributed by atoms with Gasteiger partial charge in [-0.25, -0.2) is 4.79 Å². The summed E-state index contributed by atoms with van der Waals surface area (Å²) in [5.41, 5.74) is 0. The Labute approximate surface area is 105 Å². The molecular weight excluding hydrogens is 244 g/mol. The summed E-state index contributed by atoms with van der Waals surface area (Å²) in [4.78, 5) is 10.8. The molecule has 2 fully saturated rings. The molecule has 0 bridgehead atoms. The van der Waals surface area contributed by atoms with Gasteiger partial charge in [-0.05, 0) is 32.2 Å². The van der Waals surface area contributed by atoms with Crippen LogP contribution in [-0.2, 0) is 14.3 Å². The molecule has 2 aliphatic rings. The highest BCUT2D eigenvalue weighted by Crippen LogP contribution is 2.30. The lowest BCUT2D eigenvalue weighted by atomic mass is 10.1. The minimum atomic E-state index is -3.31. The number of esters is 1. The number of nitrogens with one attached hydrogen (secondary N) is 1. The van der Waals surface area contributed by atoms with Crippen LogP contribution in [0.4, 0.5) is 8.78 Å². The maximum absolute atomic E-state index is 12.9. The van der Waals surface area contributed by atoms with Gasteiger partial charge in [-0.15, -0.1) is 0 Å². The van der Waals surface area contributed by atoms with E-state index < -0.39 is 24.4 Å². The van der Waals surface area contributed by atoms with Crippen LogP contribution in [0.25, 0.3) is 0 Å². The van der Waals surface area contributed by atoms with Gasteiger partial charge in [-0.2, -0.15) is 8.78 Å². The van der Waals surface area contributed by atoms with Gasteiger partial charge in [0.1, 0.15) is 6.10 Å². The number of hydrogen-bond donors (Lipinski definition) is 1. The van der Waals surface area contributed by atoms with Crippen molar-refractivity contribution in [2.24, 2.45) is 0 Å². The number of carbonyl (C=O) groups excluding carboxylic acids is 1. The van der Waals surface area contributed by atoms with Gasteiger partial charge in [0.25, 0.3) is 0 Å². The molecule has 4 nitrogen and oxygen atoms in total. The van der Waals surface area contributed by atoms with Gasteiger partial charge in [0.05, 0.1) is 12.5 Å². The Morgan fingerprint density at radius 1 is 1.33 bits per heavy atom. The largest absolute Gasteiger partial charge is 0.456 e. The van der Waals surface area contributed by atoms with Gasteiger partial charge in [0.15, 0.2) is 0 Å². The van der Waals surface area contributed by atoms with Crippen molar-refractivity contribution in [2.45, 2.75) is 50.2 Å². The summed E-state index contributed by atoms with van der Waals surface area (Å²) in [6, 6.07) is 0. The Morgan fingerprint density at radius 2 is 2.17 bits per heavy atom. The summed E-state index contributed by atoms with van der Waals surface area (Å²) in [6.07, 6.45) is 3.31. The van der Waals surface area contributed by atoms with Gasteiger partial charge in [-0.1, -0.05) is 0 Å². The van der Waals surface area contributed by atoms with Crippen molar-refractivity contribution < 1.29 is 23.0 Å². The van der Waals surface area contributed by atoms with Crippen molar-refractivity contribution in [3.63, 3.8) is 0 Å². The number of rotatable bonds is 5. The van der Waals surface area contributed by atoms with Gasteiger partial charge < -0.3 is 14.8 Å². The lowest BCUT2D eigenvalue weighted by molar-refractivity contribution is -0.159. The molecule has 1 N–H and O–H groups in total. The van der Waals surface area contributed by atoms with E-state index in [0.717, 1.165) is 25.9 Å². The molecule has 2 unspecified atom stereocenters. The SMILES string of the molecule is O=C1OC(CNCCC2CCCCO2)CC1(F)F. The van der Waals surface area contributed by atoms with Gasteiger partial charge in [-0.3, -0.25) is 0 Å². The molecule has 2 rings (SSSR count). The van der Waals surface area contributed by atoms with E-state index in [2.05, 4.69) is 10.1 Å². The number of hydrogen-bond acceptors (Lipinski definition) is 4. The predicted molar refractivity (Wildman–Crippen MR) is 60.5 cm³/mol. The molecule has 0 aliphatic carbocycles. The standard InChI is InChI=1S/C12H19F2NO3/c13-12(14)7-10(18-11(12)16)8-15-5-4-9-3-1-2-6-17-9/h9-10,15H,1-8H2. The maximum atomic E-state index is 12.9. The van der Waals surface area contributed by atoms with Crippen molar-refractivity contribution in [3.8, 4) is 0 Å². The first-order valence-corrected chi connectivity index (χ1v) is 6.49. The molecule has 2 atom stereocenters. The van der Waals surface area contributed by atoms with Crippen molar-refractivity contribution >= 4 is 5.97 Å². The van der Waals surface area contributed by atoms with E-state index in [4.69, 9.17) is 4.74 Å². The van der Waals surface area contributed by atoms with Crippen LogP contribution in [0.2, 0.25) is 0 Å². The lowest BCUT2D eigenvalue weighted by Crippen LogP contribution is -2.31. The predicted octanol–water partition coefficient (Wildman–Crippen LogP) is 1.49. The fourth-order valence-electron chi connectivity index (χ4n) is 2.32. The summed E-state index contributed by atoms with van der Waals surface area (Å²) >= 11 is 0. The van der Waals surface area contributed by atoms with Crippen LogP contribution in [0.15, 0.2) is 0 Å². The molecule has 0 aromatic rings. The van der Waals surface area contributed by atoms with Crippen LogP contribution in [0, 0.1) is 0 Å². The molecule has 0 radical (unpaired) electrons. The zero-order valence-corrected chi connectivity index (χ0v) is 10.3. The molecule has 2 heterocycles. The highest BCUT2D eigenvalue weighted by Gasteiger charge is 2.50. The summed E-state index contributed by atoms with van der Waals surface area (Å²) in [5.74, 6) is -4.70. The molecule has 2 aliphatic heterocycles. The molecule has 6 heteroatoms. The molecule has 104 valence electrons. The maximum Gasteiger partial charge on any atom is 0.377 e. The third kappa shape index (κ3) is 3.62. The topological polar surface area (TPSA) is 47.6 Å². The van der Waals surface area contributed by atoms with Crippen LogP contribution >= 0.6 is 0 Å². The Morgan fingerprint density at radius 3 is 2.78 bits per heavy atom. The monoisotopic (exact) mass is 263 g/mol. The molecule has 0 saturated carbocycles. The Bertz CT molecular complexity index is 293. The van der Waals surface area contributed by atoms with E-state index >= 15 is 0 Å². The highest BCUT2D eigenvalue weighted by molar-refractivity contribution is 5.79. The smallest absolute Gasteiger partial charge is 0.377 e. The van der Waals surface area contributed by atoms with Crippen molar-refractivity contribution in [2.75, 3.05) is 19.7 Å². The van der Waals surface area contributed by atoms with E-state index in [9.17, 15) is 13.6 Å². The lowest BCUT2D eigenvalue weighted by Gasteiger charge is -2.22. The normalized spacial score (nSPS) is 31.3. The first-order chi connectivity index (χ1) is 8.58. The van der Waals surface area contributed by atoms with Crippen molar-refractivity contribution in [1.29, 1.82) is 0 Å². The second-order valence-electron chi connectivity index (χ2n) is 4.92. The minimum Gasteiger partial charge on any atom is -0.456 e. The first kappa shape index (κ1) is 13.7. The second kappa shape index (κ2) is 5.93. The quantitative estimate of drug-likeness (QED) is 0.603. The Balaban J connectivity index is 1.57. The van der Waals surface area contributed by atoms with Gasteiger partial charge >= 0.3 is 11.9 Å². The molecule has 18 heavy (non-hydrogen) atoms. The van der Waals surface area contributed by atoms with Gasteiger partial charge in [0, 0.05) is 13.2 Å². The average Bonchev–Trinajstić information content (AvgIpc) is 2.60. The third-order valence-corrected chi connectivity index (χ3v) is 3.35. The van der Waals surface area contributed by atoms with E-state index in [1.165, 1.54) is 6.42 Å². The average molecular weight is 263 g/mol. The Hall–Kier alpha value is -0.750. The van der Waals surface area contributed by atoms with Crippen LogP contribution in [-0.4, -0.2) is 43.8 Å². The molecule has 0 aromatic carbocycles. The number of carbonyl (C=O) groups is 1. The summed E-state index contributed by atoms with van der Waals surface area (Å²) in [7, 11) is 0. The van der Waals surface area contributed by atoms with Crippen LogP contribution < -0.4 is 5.32 Å². The van der Waals surface area contributed by atoms with E-state index in [1.807, 2.05) is 0 Å². The number of cyclic esters (lactones) is 1. The van der Waals surface area contributed by atoms with Crippen LogP contribution in [0.3, 0.4) is 0 Å². The van der Waals surface area contributed by atoms with Gasteiger partial charge in [0.2, 0.25) is 0 Å². The minimum absolute atomic E-state index is 0.277. The number of ether oxygens (including phenoxy) is 2. The molecule has 2 saturated heterocycles. The molecular formula is C12H19F2NO3. The second-order valence-corrected chi connectivity index (χ2v) is 4.92. The van der Waals surface area contributed by atoms with Crippen LogP contribution in [0.1, 0.15) is 32.1 Å². The van der Waals surface area contributed by atoms with Crippen LogP contribution in [0.5, 0.6) is 0 Å². The Kier molecular flexibility index (Phi) is 4.50. The van der Waals surface area contributed by atoms with E-state index in [0.29, 0.717) is 6.54 Å². The summed E-state index contributed by atoms with van der Waals surface area (Å²) in [6.45, 7) is 1.80.